The van der Waals surface area contributed by atoms with Crippen LogP contribution in [-0.2, 0) is 6.54 Å². The van der Waals surface area contributed by atoms with Crippen LogP contribution in [-0.4, -0.2) is 22.9 Å². The van der Waals surface area contributed by atoms with Crippen LogP contribution in [0.25, 0.3) is 0 Å². The van der Waals surface area contributed by atoms with Crippen molar-refractivity contribution in [2.24, 2.45) is 5.73 Å². The second kappa shape index (κ2) is 4.92. The van der Waals surface area contributed by atoms with E-state index in [2.05, 4.69) is 18.7 Å². The van der Waals surface area contributed by atoms with Gasteiger partial charge in [0.2, 0.25) is 0 Å². The number of nitrogens with two attached hydrogens (primary N) is 1. The molecule has 0 aromatic carbocycles. The smallest absolute Gasteiger partial charge is 0.284 e. The molecule has 0 radical (unpaired) electrons. The van der Waals surface area contributed by atoms with Crippen molar-refractivity contribution < 1.29 is 9.21 Å². The molecule has 4 nitrogen and oxygen atoms in total. The van der Waals surface area contributed by atoms with Crippen LogP contribution >= 0.6 is 0 Å². The van der Waals surface area contributed by atoms with E-state index in [4.69, 9.17) is 10.2 Å². The maximum absolute atomic E-state index is 11.0. The highest BCUT2D eigenvalue weighted by Gasteiger charge is 2.25. The number of rotatable bonds is 3. The standard InChI is InChI=1S/C13H20N2O2/c1-9-4-3-5-10(2)15(9)8-11-6-7-12(17-11)13(14)16/h6-7,9-10H,3-5,8H2,1-2H3,(H2,14,16). The number of piperidine rings is 1. The Bertz CT molecular complexity index is 390. The van der Waals surface area contributed by atoms with Crippen LogP contribution in [0.4, 0.5) is 0 Å². The Hall–Kier alpha value is -1.29. The predicted molar refractivity (Wildman–Crippen MR) is 65.5 cm³/mol. The number of hydrogen-bond donors (Lipinski definition) is 1. The molecule has 2 N–H and O–H groups in total. The first-order valence-electron chi connectivity index (χ1n) is 6.22. The minimum atomic E-state index is -0.504. The van der Waals surface area contributed by atoms with Crippen molar-refractivity contribution in [3.63, 3.8) is 0 Å². The van der Waals surface area contributed by atoms with E-state index >= 15 is 0 Å². The molecule has 1 aliphatic heterocycles. The number of furan rings is 1. The molecule has 94 valence electrons. The van der Waals surface area contributed by atoms with Crippen molar-refractivity contribution in [1.82, 2.24) is 4.90 Å². The van der Waals surface area contributed by atoms with Gasteiger partial charge in [-0.1, -0.05) is 6.42 Å². The van der Waals surface area contributed by atoms with Crippen LogP contribution in [0.2, 0.25) is 0 Å². The highest BCUT2D eigenvalue weighted by atomic mass is 16.4. The molecule has 4 heteroatoms. The minimum absolute atomic E-state index is 0.248. The van der Waals surface area contributed by atoms with Crippen LogP contribution < -0.4 is 5.73 Å². The SMILES string of the molecule is CC1CCCC(C)N1Cc1ccc(C(N)=O)o1. The van der Waals surface area contributed by atoms with Gasteiger partial charge in [-0.2, -0.15) is 0 Å². The monoisotopic (exact) mass is 236 g/mol. The third-order valence-electron chi connectivity index (χ3n) is 3.62. The van der Waals surface area contributed by atoms with Gasteiger partial charge in [0.15, 0.2) is 5.76 Å². The Morgan fingerprint density at radius 1 is 1.41 bits per heavy atom. The van der Waals surface area contributed by atoms with E-state index in [0.29, 0.717) is 12.1 Å². The van der Waals surface area contributed by atoms with Gasteiger partial charge in [0.05, 0.1) is 6.54 Å². The fourth-order valence-corrected chi connectivity index (χ4v) is 2.56. The van der Waals surface area contributed by atoms with Gasteiger partial charge in [-0.3, -0.25) is 9.69 Å². The van der Waals surface area contributed by atoms with E-state index in [1.54, 1.807) is 6.07 Å². The molecule has 2 heterocycles. The van der Waals surface area contributed by atoms with Gasteiger partial charge in [0.1, 0.15) is 5.76 Å². The molecule has 2 rings (SSSR count). The third-order valence-corrected chi connectivity index (χ3v) is 3.62. The van der Waals surface area contributed by atoms with Gasteiger partial charge in [0.25, 0.3) is 5.91 Å². The minimum Gasteiger partial charge on any atom is -0.455 e. The summed E-state index contributed by atoms with van der Waals surface area (Å²) >= 11 is 0. The molecule has 1 aromatic rings. The summed E-state index contributed by atoms with van der Waals surface area (Å²) in [6, 6.07) is 4.63. The average Bonchev–Trinajstić information content (AvgIpc) is 2.72. The zero-order valence-corrected chi connectivity index (χ0v) is 10.5. The first-order chi connectivity index (χ1) is 8.08. The quantitative estimate of drug-likeness (QED) is 0.874. The number of hydrogen-bond acceptors (Lipinski definition) is 3. The first-order valence-corrected chi connectivity index (χ1v) is 6.22. The topological polar surface area (TPSA) is 59.5 Å². The molecule has 2 unspecified atom stereocenters. The molecule has 0 bridgehead atoms. The van der Waals surface area contributed by atoms with Crippen molar-refractivity contribution in [3.8, 4) is 0 Å². The van der Waals surface area contributed by atoms with Crippen molar-refractivity contribution in [2.45, 2.75) is 51.7 Å². The van der Waals surface area contributed by atoms with E-state index in [9.17, 15) is 4.79 Å². The third kappa shape index (κ3) is 2.69. The Balaban J connectivity index is 2.05. The van der Waals surface area contributed by atoms with E-state index in [1.165, 1.54) is 19.3 Å². The molecule has 1 saturated heterocycles. The maximum atomic E-state index is 11.0. The second-order valence-corrected chi connectivity index (χ2v) is 4.93. The van der Waals surface area contributed by atoms with Crippen molar-refractivity contribution in [1.29, 1.82) is 0 Å². The fourth-order valence-electron chi connectivity index (χ4n) is 2.56. The van der Waals surface area contributed by atoms with Crippen molar-refractivity contribution in [2.75, 3.05) is 0 Å². The van der Waals surface area contributed by atoms with E-state index in [-0.39, 0.29) is 5.76 Å². The van der Waals surface area contributed by atoms with Crippen LogP contribution in [0.3, 0.4) is 0 Å². The number of carbonyl (C=O) groups is 1. The Kier molecular flexibility index (Phi) is 3.52. The number of likely N-dealkylation sites (tertiary alicyclic amines) is 1. The molecule has 2 atom stereocenters. The van der Waals surface area contributed by atoms with Crippen LogP contribution in [0.1, 0.15) is 49.4 Å². The molecule has 1 aromatic heterocycles. The van der Waals surface area contributed by atoms with Crippen molar-refractivity contribution in [3.05, 3.63) is 23.7 Å². The Labute approximate surface area is 102 Å². The summed E-state index contributed by atoms with van der Waals surface area (Å²) in [5, 5.41) is 0. The molecule has 17 heavy (non-hydrogen) atoms. The molecule has 0 aliphatic carbocycles. The van der Waals surface area contributed by atoms with Crippen LogP contribution in [0.15, 0.2) is 16.5 Å². The zero-order valence-electron chi connectivity index (χ0n) is 10.5. The number of primary amides is 1. The lowest BCUT2D eigenvalue weighted by Crippen LogP contribution is -2.42. The van der Waals surface area contributed by atoms with E-state index in [1.807, 2.05) is 6.07 Å². The lowest BCUT2D eigenvalue weighted by atomic mass is 9.97. The summed E-state index contributed by atoms with van der Waals surface area (Å²) in [5.41, 5.74) is 5.17. The summed E-state index contributed by atoms with van der Waals surface area (Å²) in [6.07, 6.45) is 3.75. The maximum Gasteiger partial charge on any atom is 0.284 e. The molecule has 1 fully saturated rings. The Morgan fingerprint density at radius 3 is 2.59 bits per heavy atom. The number of amides is 1. The summed E-state index contributed by atoms with van der Waals surface area (Å²) in [7, 11) is 0. The van der Waals surface area contributed by atoms with Crippen molar-refractivity contribution >= 4 is 5.91 Å². The molecule has 0 spiro atoms. The van der Waals surface area contributed by atoms with Gasteiger partial charge in [-0.15, -0.1) is 0 Å². The Morgan fingerprint density at radius 2 is 2.06 bits per heavy atom. The van der Waals surface area contributed by atoms with E-state index in [0.717, 1.165) is 12.3 Å². The zero-order chi connectivity index (χ0) is 12.4. The highest BCUT2D eigenvalue weighted by Crippen LogP contribution is 2.25. The van der Waals surface area contributed by atoms with Crippen LogP contribution in [0, 0.1) is 0 Å². The number of nitrogens with zero attached hydrogens (tertiary/aromatic N) is 1. The molecule has 0 saturated carbocycles. The molecule has 1 aliphatic rings. The van der Waals surface area contributed by atoms with Gasteiger partial charge in [-0.05, 0) is 38.8 Å². The predicted octanol–water partition coefficient (Wildman–Crippen LogP) is 2.14. The second-order valence-electron chi connectivity index (χ2n) is 4.93. The van der Waals surface area contributed by atoms with Gasteiger partial charge < -0.3 is 10.2 Å². The summed E-state index contributed by atoms with van der Waals surface area (Å²) < 4.78 is 5.43. The van der Waals surface area contributed by atoms with Gasteiger partial charge >= 0.3 is 0 Å². The largest absolute Gasteiger partial charge is 0.455 e. The number of carbonyl (C=O) groups excluding carboxylic acids is 1. The van der Waals surface area contributed by atoms with Gasteiger partial charge in [-0.25, -0.2) is 0 Å². The average molecular weight is 236 g/mol. The summed E-state index contributed by atoms with van der Waals surface area (Å²) in [6.45, 7) is 5.25. The fraction of sp³-hybridized carbons (Fsp3) is 0.615. The molecular formula is C13H20N2O2. The summed E-state index contributed by atoms with van der Waals surface area (Å²) in [4.78, 5) is 13.4. The molecular weight excluding hydrogens is 216 g/mol. The van der Waals surface area contributed by atoms with Crippen LogP contribution in [0.5, 0.6) is 0 Å². The highest BCUT2D eigenvalue weighted by molar-refractivity contribution is 5.89. The van der Waals surface area contributed by atoms with Gasteiger partial charge in [0, 0.05) is 12.1 Å². The summed E-state index contributed by atoms with van der Waals surface area (Å²) in [5.74, 6) is 0.563. The lowest BCUT2D eigenvalue weighted by molar-refractivity contribution is 0.0849. The molecule has 1 amide bonds. The normalized spacial score (nSPS) is 26.0. The van der Waals surface area contributed by atoms with E-state index < -0.39 is 5.91 Å². The first kappa shape index (κ1) is 12.2. The lowest BCUT2D eigenvalue weighted by Gasteiger charge is -2.38.